The van der Waals surface area contributed by atoms with E-state index in [9.17, 15) is 0 Å². The van der Waals surface area contributed by atoms with Crippen LogP contribution in [0.3, 0.4) is 0 Å². The third-order valence-corrected chi connectivity index (χ3v) is 4.67. The van der Waals surface area contributed by atoms with E-state index >= 15 is 0 Å². The van der Waals surface area contributed by atoms with E-state index in [1.54, 1.807) is 0 Å². The number of hydrogen-bond donors (Lipinski definition) is 1. The monoisotopic (exact) mass is 282 g/mol. The van der Waals surface area contributed by atoms with Crippen molar-refractivity contribution in [2.24, 2.45) is 11.3 Å². The van der Waals surface area contributed by atoms with Crippen LogP contribution in [0.15, 0.2) is 0 Å². The molecule has 20 heavy (non-hydrogen) atoms. The lowest BCUT2D eigenvalue weighted by atomic mass is 9.88. The topological polar surface area (TPSA) is 15.3 Å². The molecule has 1 saturated heterocycles. The predicted molar refractivity (Wildman–Crippen MR) is 90.2 cm³/mol. The van der Waals surface area contributed by atoms with E-state index in [0.29, 0.717) is 11.5 Å². The van der Waals surface area contributed by atoms with Gasteiger partial charge in [0.15, 0.2) is 0 Å². The first kappa shape index (κ1) is 18.0. The Morgan fingerprint density at radius 3 is 2.45 bits per heavy atom. The quantitative estimate of drug-likeness (QED) is 0.749. The minimum Gasteiger partial charge on any atom is -0.312 e. The van der Waals surface area contributed by atoms with E-state index in [1.807, 2.05) is 0 Å². The largest absolute Gasteiger partial charge is 0.312 e. The summed E-state index contributed by atoms with van der Waals surface area (Å²) in [6.07, 6.45) is 6.79. The van der Waals surface area contributed by atoms with Gasteiger partial charge in [-0.3, -0.25) is 4.90 Å². The van der Waals surface area contributed by atoms with Crippen LogP contribution in [-0.2, 0) is 0 Å². The third kappa shape index (κ3) is 6.58. The van der Waals surface area contributed by atoms with Crippen LogP contribution in [0.4, 0.5) is 0 Å². The number of nitrogens with zero attached hydrogens (tertiary/aromatic N) is 1. The van der Waals surface area contributed by atoms with E-state index in [0.717, 1.165) is 18.5 Å². The maximum atomic E-state index is 3.84. The molecule has 3 atom stereocenters. The molecule has 0 aromatic carbocycles. The zero-order chi connectivity index (χ0) is 15.2. The van der Waals surface area contributed by atoms with Gasteiger partial charge in [0.05, 0.1) is 0 Å². The van der Waals surface area contributed by atoms with Gasteiger partial charge in [0, 0.05) is 31.7 Å². The molecule has 3 unspecified atom stereocenters. The second-order valence-electron chi connectivity index (χ2n) is 8.09. The normalized spacial score (nSPS) is 26.7. The standard InChI is InChI=1S/C18H38N2/c1-7-9-10-16-11-17(19-14-18(4,5)6)13-20(12-16)15(3)8-2/h15-17,19H,7-14H2,1-6H3. The molecule has 1 aliphatic heterocycles. The Morgan fingerprint density at radius 2 is 1.90 bits per heavy atom. The number of unbranched alkanes of at least 4 members (excludes halogenated alkanes) is 1. The lowest BCUT2D eigenvalue weighted by Gasteiger charge is -2.42. The van der Waals surface area contributed by atoms with Gasteiger partial charge < -0.3 is 5.32 Å². The van der Waals surface area contributed by atoms with Crippen LogP contribution in [0, 0.1) is 11.3 Å². The molecule has 0 spiro atoms. The van der Waals surface area contributed by atoms with Gasteiger partial charge >= 0.3 is 0 Å². The van der Waals surface area contributed by atoms with Gasteiger partial charge in [0.25, 0.3) is 0 Å². The molecule has 0 saturated carbocycles. The van der Waals surface area contributed by atoms with Crippen molar-refractivity contribution in [2.45, 2.75) is 85.7 Å². The maximum absolute atomic E-state index is 3.84. The Balaban J connectivity index is 2.54. The molecule has 2 nitrogen and oxygen atoms in total. The molecule has 0 aromatic rings. The molecule has 0 bridgehead atoms. The molecule has 2 heteroatoms. The lowest BCUT2D eigenvalue weighted by molar-refractivity contribution is 0.0939. The first-order valence-electron chi connectivity index (χ1n) is 8.83. The van der Waals surface area contributed by atoms with Crippen LogP contribution in [0.2, 0.25) is 0 Å². The van der Waals surface area contributed by atoms with Gasteiger partial charge in [-0.2, -0.15) is 0 Å². The smallest absolute Gasteiger partial charge is 0.0198 e. The van der Waals surface area contributed by atoms with Crippen LogP contribution in [0.1, 0.15) is 73.6 Å². The Labute approximate surface area is 127 Å². The highest BCUT2D eigenvalue weighted by molar-refractivity contribution is 4.86. The molecule has 1 aliphatic rings. The van der Waals surface area contributed by atoms with Crippen molar-refractivity contribution in [3.8, 4) is 0 Å². The Bertz CT molecular complexity index is 257. The fraction of sp³-hybridized carbons (Fsp3) is 1.00. The zero-order valence-electron chi connectivity index (χ0n) is 14.8. The van der Waals surface area contributed by atoms with Gasteiger partial charge in [-0.05, 0) is 37.5 Å². The molecule has 1 N–H and O–H groups in total. The van der Waals surface area contributed by atoms with E-state index < -0.39 is 0 Å². The van der Waals surface area contributed by atoms with Gasteiger partial charge in [0.2, 0.25) is 0 Å². The zero-order valence-corrected chi connectivity index (χ0v) is 14.8. The summed E-state index contributed by atoms with van der Waals surface area (Å²) in [6.45, 7) is 17.7. The van der Waals surface area contributed by atoms with E-state index in [4.69, 9.17) is 0 Å². The second kappa shape index (κ2) is 8.38. The molecule has 1 rings (SSSR count). The van der Waals surface area contributed by atoms with Crippen LogP contribution in [0.5, 0.6) is 0 Å². The SMILES string of the molecule is CCCCC1CC(NCC(C)(C)C)CN(C(C)CC)C1. The average Bonchev–Trinajstić information content (AvgIpc) is 2.41. The number of piperidine rings is 1. The van der Waals surface area contributed by atoms with Crippen LogP contribution < -0.4 is 5.32 Å². The molecule has 1 fully saturated rings. The van der Waals surface area contributed by atoms with Gasteiger partial charge in [-0.25, -0.2) is 0 Å². The first-order chi connectivity index (χ1) is 9.35. The molecular formula is C18H38N2. The first-order valence-corrected chi connectivity index (χ1v) is 8.83. The highest BCUT2D eigenvalue weighted by Crippen LogP contribution is 2.25. The lowest BCUT2D eigenvalue weighted by Crippen LogP contribution is -2.53. The summed E-state index contributed by atoms with van der Waals surface area (Å²) >= 11 is 0. The summed E-state index contributed by atoms with van der Waals surface area (Å²) in [5.41, 5.74) is 0.386. The van der Waals surface area contributed by atoms with Crippen molar-refractivity contribution in [1.82, 2.24) is 10.2 Å². The maximum Gasteiger partial charge on any atom is 0.0198 e. The minimum absolute atomic E-state index is 0.386. The fourth-order valence-corrected chi connectivity index (χ4v) is 3.16. The van der Waals surface area contributed by atoms with Gasteiger partial charge in [0.1, 0.15) is 0 Å². The Hall–Kier alpha value is -0.0800. The van der Waals surface area contributed by atoms with E-state index in [-0.39, 0.29) is 0 Å². The van der Waals surface area contributed by atoms with Crippen molar-refractivity contribution in [1.29, 1.82) is 0 Å². The van der Waals surface area contributed by atoms with Crippen LogP contribution >= 0.6 is 0 Å². The Kier molecular flexibility index (Phi) is 7.53. The van der Waals surface area contributed by atoms with E-state index in [1.165, 1.54) is 45.2 Å². The fourth-order valence-electron chi connectivity index (χ4n) is 3.16. The summed E-state index contributed by atoms with van der Waals surface area (Å²) in [4.78, 5) is 2.73. The van der Waals surface area contributed by atoms with E-state index in [2.05, 4.69) is 51.8 Å². The molecular weight excluding hydrogens is 244 g/mol. The highest BCUT2D eigenvalue weighted by atomic mass is 15.2. The van der Waals surface area contributed by atoms with Crippen molar-refractivity contribution >= 4 is 0 Å². The van der Waals surface area contributed by atoms with Crippen molar-refractivity contribution < 1.29 is 0 Å². The molecule has 0 aliphatic carbocycles. The highest BCUT2D eigenvalue weighted by Gasteiger charge is 2.29. The minimum atomic E-state index is 0.386. The van der Waals surface area contributed by atoms with Crippen molar-refractivity contribution in [2.75, 3.05) is 19.6 Å². The number of rotatable bonds is 7. The average molecular weight is 283 g/mol. The number of hydrogen-bond acceptors (Lipinski definition) is 2. The van der Waals surface area contributed by atoms with Crippen molar-refractivity contribution in [3.05, 3.63) is 0 Å². The summed E-state index contributed by atoms with van der Waals surface area (Å²) in [6, 6.07) is 1.43. The van der Waals surface area contributed by atoms with Crippen molar-refractivity contribution in [3.63, 3.8) is 0 Å². The third-order valence-electron chi connectivity index (χ3n) is 4.67. The molecule has 0 aromatic heterocycles. The second-order valence-corrected chi connectivity index (χ2v) is 8.09. The van der Waals surface area contributed by atoms with Crippen LogP contribution in [-0.4, -0.2) is 36.6 Å². The van der Waals surface area contributed by atoms with Gasteiger partial charge in [-0.15, -0.1) is 0 Å². The predicted octanol–water partition coefficient (Wildman–Crippen LogP) is 4.30. The summed E-state index contributed by atoms with van der Waals surface area (Å²) in [5, 5.41) is 3.84. The molecule has 120 valence electrons. The summed E-state index contributed by atoms with van der Waals surface area (Å²) in [7, 11) is 0. The Morgan fingerprint density at radius 1 is 1.20 bits per heavy atom. The molecule has 0 amide bonds. The number of nitrogens with one attached hydrogen (secondary N) is 1. The molecule has 0 radical (unpaired) electrons. The molecule has 1 heterocycles. The van der Waals surface area contributed by atoms with Crippen LogP contribution in [0.25, 0.3) is 0 Å². The van der Waals surface area contributed by atoms with Gasteiger partial charge in [-0.1, -0.05) is 47.5 Å². The number of likely N-dealkylation sites (tertiary alicyclic amines) is 1. The summed E-state index contributed by atoms with van der Waals surface area (Å²) in [5.74, 6) is 0.898. The summed E-state index contributed by atoms with van der Waals surface area (Å²) < 4.78 is 0.